The molecule has 2 heteroatoms. The first-order valence-electron chi connectivity index (χ1n) is 5.58. The van der Waals surface area contributed by atoms with Gasteiger partial charge in [-0.2, -0.15) is 0 Å². The van der Waals surface area contributed by atoms with E-state index >= 15 is 0 Å². The molecule has 0 N–H and O–H groups in total. The molecule has 0 unspecified atom stereocenters. The van der Waals surface area contributed by atoms with Gasteiger partial charge in [0.05, 0.1) is 11.1 Å². The van der Waals surface area contributed by atoms with Crippen LogP contribution in [0.2, 0.25) is 5.02 Å². The van der Waals surface area contributed by atoms with Crippen LogP contribution in [-0.4, -0.2) is 6.10 Å². The second kappa shape index (κ2) is 7.58. The standard InChI is InChI=1S/C11H15ClO.C2H6/c1-4-9-5-6-11(10(12)7-9)13-8(2)3;1-2/h5-8H,4H2,1-3H3;1-2H3. The summed E-state index contributed by atoms with van der Waals surface area (Å²) in [6.07, 6.45) is 1.17. The molecule has 0 saturated heterocycles. The van der Waals surface area contributed by atoms with Gasteiger partial charge in [-0.1, -0.05) is 38.4 Å². The van der Waals surface area contributed by atoms with Gasteiger partial charge in [-0.25, -0.2) is 0 Å². The average Bonchev–Trinajstić information content (AvgIpc) is 2.23. The summed E-state index contributed by atoms with van der Waals surface area (Å²) in [5.74, 6) is 0.772. The van der Waals surface area contributed by atoms with Crippen LogP contribution in [0, 0.1) is 0 Å². The van der Waals surface area contributed by atoms with Gasteiger partial charge in [0.15, 0.2) is 0 Å². The fourth-order valence-corrected chi connectivity index (χ4v) is 1.36. The summed E-state index contributed by atoms with van der Waals surface area (Å²) in [7, 11) is 0. The molecule has 0 fully saturated rings. The van der Waals surface area contributed by atoms with E-state index < -0.39 is 0 Å². The van der Waals surface area contributed by atoms with Gasteiger partial charge in [0.25, 0.3) is 0 Å². The van der Waals surface area contributed by atoms with Gasteiger partial charge in [-0.05, 0) is 38.0 Å². The Morgan fingerprint density at radius 3 is 2.27 bits per heavy atom. The molecule has 0 amide bonds. The van der Waals surface area contributed by atoms with E-state index in [9.17, 15) is 0 Å². The average molecular weight is 229 g/mol. The Labute approximate surface area is 98.4 Å². The lowest BCUT2D eigenvalue weighted by Gasteiger charge is -2.11. The first-order valence-corrected chi connectivity index (χ1v) is 5.96. The van der Waals surface area contributed by atoms with Crippen molar-refractivity contribution in [3.05, 3.63) is 28.8 Å². The van der Waals surface area contributed by atoms with Crippen LogP contribution in [0.4, 0.5) is 0 Å². The van der Waals surface area contributed by atoms with Gasteiger partial charge < -0.3 is 4.74 Å². The second-order valence-electron chi connectivity index (χ2n) is 3.28. The molecule has 0 saturated carbocycles. The van der Waals surface area contributed by atoms with Crippen molar-refractivity contribution >= 4 is 11.6 Å². The Bertz CT molecular complexity index is 282. The molecule has 1 nitrogen and oxygen atoms in total. The van der Waals surface area contributed by atoms with Gasteiger partial charge in [-0.3, -0.25) is 0 Å². The summed E-state index contributed by atoms with van der Waals surface area (Å²) in [5.41, 5.74) is 1.24. The van der Waals surface area contributed by atoms with E-state index in [0.29, 0.717) is 5.02 Å². The Morgan fingerprint density at radius 2 is 1.87 bits per heavy atom. The minimum atomic E-state index is 0.171. The number of benzene rings is 1. The summed E-state index contributed by atoms with van der Waals surface area (Å²) in [6.45, 7) is 10.1. The number of aryl methyl sites for hydroxylation is 1. The fraction of sp³-hybridized carbons (Fsp3) is 0.538. The summed E-state index contributed by atoms with van der Waals surface area (Å²) < 4.78 is 5.51. The molecule has 0 aliphatic rings. The van der Waals surface area contributed by atoms with Crippen LogP contribution in [-0.2, 0) is 6.42 Å². The van der Waals surface area contributed by atoms with Gasteiger partial charge in [0.1, 0.15) is 5.75 Å². The highest BCUT2D eigenvalue weighted by molar-refractivity contribution is 6.32. The van der Waals surface area contributed by atoms with Crippen LogP contribution in [0.25, 0.3) is 0 Å². The molecule has 86 valence electrons. The molecule has 15 heavy (non-hydrogen) atoms. The highest BCUT2D eigenvalue weighted by Gasteiger charge is 2.03. The number of rotatable bonds is 3. The highest BCUT2D eigenvalue weighted by atomic mass is 35.5. The van der Waals surface area contributed by atoms with Gasteiger partial charge in [0.2, 0.25) is 0 Å². The van der Waals surface area contributed by atoms with E-state index in [1.54, 1.807) is 0 Å². The number of hydrogen-bond acceptors (Lipinski definition) is 1. The quantitative estimate of drug-likeness (QED) is 0.728. The van der Waals surface area contributed by atoms with Gasteiger partial charge in [-0.15, -0.1) is 0 Å². The molecule has 0 bridgehead atoms. The Balaban J connectivity index is 0.000000921. The Kier molecular flexibility index (Phi) is 7.23. The van der Waals surface area contributed by atoms with Crippen LogP contribution in [0.15, 0.2) is 18.2 Å². The number of hydrogen-bond donors (Lipinski definition) is 0. The van der Waals surface area contributed by atoms with Crippen LogP contribution in [0.1, 0.15) is 40.2 Å². The van der Waals surface area contributed by atoms with Crippen molar-refractivity contribution in [1.82, 2.24) is 0 Å². The SMILES string of the molecule is CC.CCc1ccc(OC(C)C)c(Cl)c1. The predicted molar refractivity (Wildman–Crippen MR) is 67.9 cm³/mol. The van der Waals surface area contributed by atoms with Crippen molar-refractivity contribution in [2.75, 3.05) is 0 Å². The predicted octanol–water partition coefficient (Wildman–Crippen LogP) is 4.72. The minimum absolute atomic E-state index is 0.171. The van der Waals surface area contributed by atoms with Crippen molar-refractivity contribution in [1.29, 1.82) is 0 Å². The maximum absolute atomic E-state index is 6.03. The van der Waals surface area contributed by atoms with Crippen molar-refractivity contribution in [3.63, 3.8) is 0 Å². The van der Waals surface area contributed by atoms with Gasteiger partial charge in [0, 0.05) is 0 Å². The second-order valence-corrected chi connectivity index (χ2v) is 3.69. The van der Waals surface area contributed by atoms with Crippen LogP contribution >= 0.6 is 11.6 Å². The van der Waals surface area contributed by atoms with Crippen LogP contribution < -0.4 is 4.74 Å². The van der Waals surface area contributed by atoms with E-state index in [1.165, 1.54) is 5.56 Å². The molecule has 0 spiro atoms. The lowest BCUT2D eigenvalue weighted by atomic mass is 10.2. The first-order chi connectivity index (χ1) is 7.13. The molecule has 1 rings (SSSR count). The largest absolute Gasteiger partial charge is 0.489 e. The van der Waals surface area contributed by atoms with E-state index in [1.807, 2.05) is 45.9 Å². The zero-order chi connectivity index (χ0) is 11.8. The molecular formula is C13H21ClO. The molecule has 0 atom stereocenters. The summed E-state index contributed by atoms with van der Waals surface area (Å²) >= 11 is 6.03. The molecule has 0 aliphatic heterocycles. The third-order valence-electron chi connectivity index (χ3n) is 1.77. The normalized spacial score (nSPS) is 9.53. The van der Waals surface area contributed by atoms with E-state index in [4.69, 9.17) is 16.3 Å². The molecular weight excluding hydrogens is 208 g/mol. The van der Waals surface area contributed by atoms with Crippen molar-refractivity contribution in [3.8, 4) is 5.75 Å². The minimum Gasteiger partial charge on any atom is -0.489 e. The van der Waals surface area contributed by atoms with Crippen molar-refractivity contribution in [2.24, 2.45) is 0 Å². The van der Waals surface area contributed by atoms with Crippen LogP contribution in [0.3, 0.4) is 0 Å². The van der Waals surface area contributed by atoms with Crippen molar-refractivity contribution < 1.29 is 4.74 Å². The highest BCUT2D eigenvalue weighted by Crippen LogP contribution is 2.26. The Hall–Kier alpha value is -0.690. The van der Waals surface area contributed by atoms with E-state index in [-0.39, 0.29) is 6.10 Å². The summed E-state index contributed by atoms with van der Waals surface area (Å²) in [6, 6.07) is 5.93. The topological polar surface area (TPSA) is 9.23 Å². The lowest BCUT2D eigenvalue weighted by molar-refractivity contribution is 0.242. The zero-order valence-electron chi connectivity index (χ0n) is 10.3. The fourth-order valence-electron chi connectivity index (χ4n) is 1.11. The molecule has 0 aromatic heterocycles. The maximum atomic E-state index is 6.03. The first kappa shape index (κ1) is 14.3. The zero-order valence-corrected chi connectivity index (χ0v) is 11.1. The van der Waals surface area contributed by atoms with Crippen molar-refractivity contribution in [2.45, 2.75) is 47.1 Å². The van der Waals surface area contributed by atoms with Crippen LogP contribution in [0.5, 0.6) is 5.75 Å². The number of ether oxygens (including phenoxy) is 1. The Morgan fingerprint density at radius 1 is 1.27 bits per heavy atom. The molecule has 1 aromatic rings. The third-order valence-corrected chi connectivity index (χ3v) is 2.06. The molecule has 0 radical (unpaired) electrons. The third kappa shape index (κ3) is 5.08. The van der Waals surface area contributed by atoms with E-state index in [2.05, 4.69) is 6.92 Å². The number of halogens is 1. The maximum Gasteiger partial charge on any atom is 0.138 e. The lowest BCUT2D eigenvalue weighted by Crippen LogP contribution is -2.05. The summed E-state index contributed by atoms with van der Waals surface area (Å²) in [5, 5.41) is 0.702. The molecule has 0 aliphatic carbocycles. The molecule has 1 aromatic carbocycles. The molecule has 0 heterocycles. The smallest absolute Gasteiger partial charge is 0.138 e. The monoisotopic (exact) mass is 228 g/mol. The van der Waals surface area contributed by atoms with E-state index in [0.717, 1.165) is 12.2 Å². The summed E-state index contributed by atoms with van der Waals surface area (Å²) in [4.78, 5) is 0. The van der Waals surface area contributed by atoms with Gasteiger partial charge >= 0.3 is 0 Å².